The molecular weight excluding hydrogens is 158 g/mol. The molecule has 1 heteroatoms. The molecule has 0 spiro atoms. The summed E-state index contributed by atoms with van der Waals surface area (Å²) in [7, 11) is 0. The normalized spacial score (nSPS) is 25.5. The quantitative estimate of drug-likeness (QED) is 0.581. The van der Waals surface area contributed by atoms with Crippen LogP contribution in [0.1, 0.15) is 51.9 Å². The second-order valence-electron chi connectivity index (χ2n) is 3.74. The largest absolute Gasteiger partial charge is 0.290 e. The van der Waals surface area contributed by atoms with Crippen LogP contribution in [0, 0.1) is 0 Å². The zero-order chi connectivity index (χ0) is 9.36. The minimum atomic E-state index is 1.04. The standard InChI is InChI=1S/C12H21N/c1-2-9-12-10-7-5-3-4-6-8-11-13-12/h2,9H,3-8,10-11H2,1H3/b9-2+,13-12-. The van der Waals surface area contributed by atoms with Crippen LogP contribution in [0.15, 0.2) is 17.1 Å². The zero-order valence-electron chi connectivity index (χ0n) is 8.76. The highest BCUT2D eigenvalue weighted by Crippen LogP contribution is 2.10. The monoisotopic (exact) mass is 179 g/mol. The number of nitrogens with zero attached hydrogens (tertiary/aromatic N) is 1. The van der Waals surface area contributed by atoms with Crippen LogP contribution in [-0.4, -0.2) is 12.3 Å². The van der Waals surface area contributed by atoms with Crippen molar-refractivity contribution in [1.82, 2.24) is 0 Å². The van der Waals surface area contributed by atoms with Crippen LogP contribution >= 0.6 is 0 Å². The minimum absolute atomic E-state index is 1.04. The van der Waals surface area contributed by atoms with Crippen LogP contribution in [0.3, 0.4) is 0 Å². The summed E-state index contributed by atoms with van der Waals surface area (Å²) in [5, 5.41) is 0. The van der Waals surface area contributed by atoms with Crippen molar-refractivity contribution in [3.8, 4) is 0 Å². The maximum absolute atomic E-state index is 4.60. The average Bonchev–Trinajstić information content (AvgIpc) is 2.16. The maximum atomic E-state index is 4.60. The average molecular weight is 179 g/mol. The first-order valence-corrected chi connectivity index (χ1v) is 5.59. The summed E-state index contributed by atoms with van der Waals surface area (Å²) in [6.45, 7) is 3.11. The van der Waals surface area contributed by atoms with Gasteiger partial charge in [0.2, 0.25) is 0 Å². The Hall–Kier alpha value is -0.590. The summed E-state index contributed by atoms with van der Waals surface area (Å²) >= 11 is 0. The van der Waals surface area contributed by atoms with Crippen molar-refractivity contribution in [2.24, 2.45) is 4.99 Å². The Morgan fingerprint density at radius 1 is 1.00 bits per heavy atom. The Kier molecular flexibility index (Phi) is 5.55. The molecule has 1 rings (SSSR count). The van der Waals surface area contributed by atoms with E-state index in [0.717, 1.165) is 6.54 Å². The van der Waals surface area contributed by atoms with E-state index in [2.05, 4.69) is 24.1 Å². The SMILES string of the molecule is C/C=C/C1=N/CCCCCCCC1. The van der Waals surface area contributed by atoms with Crippen LogP contribution in [0.2, 0.25) is 0 Å². The van der Waals surface area contributed by atoms with Gasteiger partial charge in [0.1, 0.15) is 0 Å². The van der Waals surface area contributed by atoms with Gasteiger partial charge in [-0.3, -0.25) is 4.99 Å². The molecule has 0 bridgehead atoms. The molecule has 74 valence electrons. The summed E-state index contributed by atoms with van der Waals surface area (Å²) in [5.74, 6) is 0. The third kappa shape index (κ3) is 4.87. The molecule has 0 amide bonds. The Labute approximate surface area is 82.0 Å². The highest BCUT2D eigenvalue weighted by atomic mass is 14.7. The second-order valence-corrected chi connectivity index (χ2v) is 3.74. The van der Waals surface area contributed by atoms with Crippen LogP contribution in [0.4, 0.5) is 0 Å². The third-order valence-electron chi connectivity index (χ3n) is 2.51. The highest BCUT2D eigenvalue weighted by molar-refractivity contribution is 5.94. The van der Waals surface area contributed by atoms with Gasteiger partial charge in [0.25, 0.3) is 0 Å². The van der Waals surface area contributed by atoms with Crippen molar-refractivity contribution in [1.29, 1.82) is 0 Å². The van der Waals surface area contributed by atoms with Gasteiger partial charge in [0.05, 0.1) is 0 Å². The van der Waals surface area contributed by atoms with Gasteiger partial charge in [-0.25, -0.2) is 0 Å². The fourth-order valence-corrected chi connectivity index (χ4v) is 1.76. The van der Waals surface area contributed by atoms with E-state index in [0.29, 0.717) is 0 Å². The first-order valence-electron chi connectivity index (χ1n) is 5.59. The van der Waals surface area contributed by atoms with Gasteiger partial charge in [-0.15, -0.1) is 0 Å². The second kappa shape index (κ2) is 6.88. The smallest absolute Gasteiger partial charge is 0.0392 e. The van der Waals surface area contributed by atoms with Crippen molar-refractivity contribution < 1.29 is 0 Å². The van der Waals surface area contributed by atoms with Crippen LogP contribution in [0.25, 0.3) is 0 Å². The number of allylic oxidation sites excluding steroid dienone is 2. The minimum Gasteiger partial charge on any atom is -0.290 e. The summed E-state index contributed by atoms with van der Waals surface area (Å²) in [5.41, 5.74) is 1.31. The summed E-state index contributed by atoms with van der Waals surface area (Å²) in [6.07, 6.45) is 13.6. The molecule has 0 saturated carbocycles. The molecule has 0 N–H and O–H groups in total. The van der Waals surface area contributed by atoms with E-state index in [1.165, 1.54) is 50.7 Å². The van der Waals surface area contributed by atoms with E-state index in [1.807, 2.05) is 0 Å². The summed E-state index contributed by atoms with van der Waals surface area (Å²) < 4.78 is 0. The molecule has 0 aromatic carbocycles. The number of hydrogen-bond acceptors (Lipinski definition) is 1. The molecule has 0 fully saturated rings. The van der Waals surface area contributed by atoms with E-state index in [1.54, 1.807) is 0 Å². The molecule has 0 atom stereocenters. The van der Waals surface area contributed by atoms with E-state index in [4.69, 9.17) is 0 Å². The molecule has 0 radical (unpaired) electrons. The fraction of sp³-hybridized carbons (Fsp3) is 0.750. The lowest BCUT2D eigenvalue weighted by atomic mass is 10.1. The molecule has 13 heavy (non-hydrogen) atoms. The predicted molar refractivity (Wildman–Crippen MR) is 59.4 cm³/mol. The van der Waals surface area contributed by atoms with Crippen LogP contribution < -0.4 is 0 Å². The molecule has 0 aromatic heterocycles. The molecule has 1 aliphatic rings. The Morgan fingerprint density at radius 2 is 1.69 bits per heavy atom. The van der Waals surface area contributed by atoms with Gasteiger partial charge in [0.15, 0.2) is 0 Å². The van der Waals surface area contributed by atoms with E-state index >= 15 is 0 Å². The molecule has 1 heterocycles. The molecule has 0 aliphatic carbocycles. The summed E-state index contributed by atoms with van der Waals surface area (Å²) in [6, 6.07) is 0. The lowest BCUT2D eigenvalue weighted by Crippen LogP contribution is -1.98. The Morgan fingerprint density at radius 3 is 2.46 bits per heavy atom. The van der Waals surface area contributed by atoms with Gasteiger partial charge in [-0.05, 0) is 32.3 Å². The molecule has 1 aliphatic heterocycles. The van der Waals surface area contributed by atoms with Gasteiger partial charge in [-0.2, -0.15) is 0 Å². The van der Waals surface area contributed by atoms with Crippen molar-refractivity contribution in [3.05, 3.63) is 12.2 Å². The van der Waals surface area contributed by atoms with E-state index in [9.17, 15) is 0 Å². The Bertz CT molecular complexity index is 180. The zero-order valence-corrected chi connectivity index (χ0v) is 8.76. The first-order chi connectivity index (χ1) is 6.43. The topological polar surface area (TPSA) is 12.4 Å². The molecule has 0 saturated heterocycles. The molecule has 0 aromatic rings. The van der Waals surface area contributed by atoms with E-state index < -0.39 is 0 Å². The predicted octanol–water partition coefficient (Wildman–Crippen LogP) is 3.75. The van der Waals surface area contributed by atoms with Crippen molar-refractivity contribution >= 4 is 5.71 Å². The molecular formula is C12H21N. The lowest BCUT2D eigenvalue weighted by molar-refractivity contribution is 0.597. The molecule has 0 unspecified atom stereocenters. The summed E-state index contributed by atoms with van der Waals surface area (Å²) in [4.78, 5) is 4.60. The Balaban J connectivity index is 2.42. The first kappa shape index (κ1) is 10.5. The van der Waals surface area contributed by atoms with Gasteiger partial charge >= 0.3 is 0 Å². The third-order valence-corrected chi connectivity index (χ3v) is 2.51. The maximum Gasteiger partial charge on any atom is 0.0392 e. The van der Waals surface area contributed by atoms with E-state index in [-0.39, 0.29) is 0 Å². The van der Waals surface area contributed by atoms with Gasteiger partial charge < -0.3 is 0 Å². The fourth-order valence-electron chi connectivity index (χ4n) is 1.76. The van der Waals surface area contributed by atoms with Gasteiger partial charge in [0, 0.05) is 12.3 Å². The van der Waals surface area contributed by atoms with Crippen molar-refractivity contribution in [3.63, 3.8) is 0 Å². The van der Waals surface area contributed by atoms with Crippen LogP contribution in [0.5, 0.6) is 0 Å². The number of rotatable bonds is 1. The highest BCUT2D eigenvalue weighted by Gasteiger charge is 1.98. The van der Waals surface area contributed by atoms with Gasteiger partial charge in [-0.1, -0.05) is 31.8 Å². The number of aliphatic imine (C=N–C) groups is 1. The van der Waals surface area contributed by atoms with Crippen molar-refractivity contribution in [2.75, 3.05) is 6.54 Å². The number of hydrogen-bond donors (Lipinski definition) is 0. The lowest BCUT2D eigenvalue weighted by Gasteiger charge is -2.06. The van der Waals surface area contributed by atoms with Crippen molar-refractivity contribution in [2.45, 2.75) is 51.9 Å². The molecule has 1 nitrogen and oxygen atoms in total. The van der Waals surface area contributed by atoms with Crippen LogP contribution in [-0.2, 0) is 0 Å².